The lowest BCUT2D eigenvalue weighted by Gasteiger charge is -2.26. The summed E-state index contributed by atoms with van der Waals surface area (Å²) in [7, 11) is 0. The van der Waals surface area contributed by atoms with Crippen LogP contribution in [0.25, 0.3) is 0 Å². The minimum Gasteiger partial charge on any atom is -0.480 e. The lowest BCUT2D eigenvalue weighted by Crippen LogP contribution is -2.58. The number of hydrazine groups is 1. The molecule has 1 aromatic carbocycles. The van der Waals surface area contributed by atoms with Gasteiger partial charge in [-0.25, -0.2) is 5.01 Å². The van der Waals surface area contributed by atoms with Crippen molar-refractivity contribution >= 4 is 35.5 Å². The van der Waals surface area contributed by atoms with Crippen LogP contribution in [0.15, 0.2) is 30.3 Å². The van der Waals surface area contributed by atoms with Crippen molar-refractivity contribution in [2.75, 3.05) is 19.6 Å². The Balaban J connectivity index is 1.98. The number of rotatable bonds is 18. The summed E-state index contributed by atoms with van der Waals surface area (Å²) in [5.41, 5.74) is 3.22. The zero-order valence-electron chi connectivity index (χ0n) is 26.3. The minimum absolute atomic E-state index is 0.171. The number of epoxide rings is 1. The van der Waals surface area contributed by atoms with Crippen molar-refractivity contribution in [3.05, 3.63) is 35.9 Å². The predicted octanol–water partition coefficient (Wildman–Crippen LogP) is 1.41. The van der Waals surface area contributed by atoms with Crippen molar-refractivity contribution in [2.24, 2.45) is 5.92 Å². The molecule has 44 heavy (non-hydrogen) atoms. The van der Waals surface area contributed by atoms with Gasteiger partial charge in [0.1, 0.15) is 18.6 Å². The normalized spacial score (nSPS) is 16.8. The molecule has 0 radical (unpaired) electrons. The summed E-state index contributed by atoms with van der Waals surface area (Å²) in [5, 5.41) is 15.2. The highest BCUT2D eigenvalue weighted by Gasteiger charge is 2.53. The quantitative estimate of drug-likeness (QED) is 0.141. The first-order chi connectivity index (χ1) is 20.9. The van der Waals surface area contributed by atoms with Gasteiger partial charge in [-0.3, -0.25) is 34.2 Å². The van der Waals surface area contributed by atoms with Crippen molar-refractivity contribution in [2.45, 2.75) is 97.4 Å². The van der Waals surface area contributed by atoms with E-state index in [9.17, 15) is 33.9 Å². The van der Waals surface area contributed by atoms with E-state index in [-0.39, 0.29) is 24.2 Å². The number of hydrogen-bond donors (Lipinski definition) is 4. The molecular weight excluding hydrogens is 570 g/mol. The maximum absolute atomic E-state index is 13.1. The predicted molar refractivity (Wildman–Crippen MR) is 162 cm³/mol. The third kappa shape index (κ3) is 11.6. The Bertz CT molecular complexity index is 1140. The molecule has 1 aliphatic rings. The number of ether oxygens (including phenoxy) is 1. The largest absolute Gasteiger partial charge is 0.480 e. The van der Waals surface area contributed by atoms with E-state index in [0.29, 0.717) is 24.5 Å². The molecule has 4 N–H and O–H groups in total. The highest BCUT2D eigenvalue weighted by molar-refractivity contribution is 5.97. The van der Waals surface area contributed by atoms with Gasteiger partial charge >= 0.3 is 5.97 Å². The Kier molecular flexibility index (Phi) is 14.8. The van der Waals surface area contributed by atoms with Crippen molar-refractivity contribution in [1.29, 1.82) is 0 Å². The number of benzene rings is 1. The van der Waals surface area contributed by atoms with Crippen LogP contribution in [-0.4, -0.2) is 94.4 Å². The Morgan fingerprint density at radius 1 is 0.864 bits per heavy atom. The van der Waals surface area contributed by atoms with Gasteiger partial charge in [-0.15, -0.1) is 0 Å². The van der Waals surface area contributed by atoms with Crippen molar-refractivity contribution in [1.82, 2.24) is 26.0 Å². The number of amides is 5. The SMILES string of the molecule is CCCCN(CCCC)C(=O)[C@H]1O[C@@H]1C(=O)N(CC(=O)O)NC(=O)[C@H](C)NC(=O)[C@@H](NC(=O)CCc1ccccc1)C(C)C. The van der Waals surface area contributed by atoms with E-state index < -0.39 is 54.5 Å². The van der Waals surface area contributed by atoms with Crippen molar-refractivity contribution in [3.8, 4) is 0 Å². The van der Waals surface area contributed by atoms with E-state index in [1.165, 1.54) is 6.92 Å². The molecule has 4 atom stereocenters. The summed E-state index contributed by atoms with van der Waals surface area (Å²) in [4.78, 5) is 77.7. The summed E-state index contributed by atoms with van der Waals surface area (Å²) in [6.45, 7) is 9.03. The number of carboxylic acids is 1. The first kappa shape index (κ1) is 36.2. The molecule has 5 amide bonds. The number of nitrogens with zero attached hydrogens (tertiary/aromatic N) is 2. The first-order valence-electron chi connectivity index (χ1n) is 15.3. The molecule has 1 heterocycles. The molecule has 1 aliphatic heterocycles. The topological polar surface area (TPSA) is 178 Å². The number of unbranched alkanes of at least 4 members (excludes halogenated alkanes) is 2. The summed E-state index contributed by atoms with van der Waals surface area (Å²) in [6, 6.07) is 7.32. The van der Waals surface area contributed by atoms with Crippen LogP contribution in [0.2, 0.25) is 0 Å². The second kappa shape index (κ2) is 18.0. The number of hydrogen-bond acceptors (Lipinski definition) is 7. The molecule has 0 aromatic heterocycles. The van der Waals surface area contributed by atoms with Gasteiger partial charge in [0.2, 0.25) is 11.8 Å². The zero-order valence-corrected chi connectivity index (χ0v) is 26.3. The first-order valence-corrected chi connectivity index (χ1v) is 15.3. The number of carbonyl (C=O) groups excluding carboxylic acids is 5. The average molecular weight is 618 g/mol. The Morgan fingerprint density at radius 2 is 1.45 bits per heavy atom. The number of aryl methyl sites for hydroxylation is 1. The number of nitrogens with one attached hydrogen (secondary N) is 3. The zero-order chi connectivity index (χ0) is 32.8. The third-order valence-electron chi connectivity index (χ3n) is 7.16. The lowest BCUT2D eigenvalue weighted by molar-refractivity contribution is -0.151. The Morgan fingerprint density at radius 3 is 2.00 bits per heavy atom. The number of carbonyl (C=O) groups is 6. The van der Waals surface area contributed by atoms with E-state index in [1.54, 1.807) is 18.7 Å². The van der Waals surface area contributed by atoms with Gasteiger partial charge in [0.25, 0.3) is 17.7 Å². The molecule has 0 saturated carbocycles. The van der Waals surface area contributed by atoms with Gasteiger partial charge < -0.3 is 25.4 Å². The van der Waals surface area contributed by atoms with E-state index >= 15 is 0 Å². The van der Waals surface area contributed by atoms with Gasteiger partial charge in [0, 0.05) is 19.5 Å². The fourth-order valence-corrected chi connectivity index (χ4v) is 4.44. The molecule has 13 heteroatoms. The third-order valence-corrected chi connectivity index (χ3v) is 7.16. The van der Waals surface area contributed by atoms with Crippen LogP contribution < -0.4 is 16.1 Å². The second-order valence-electron chi connectivity index (χ2n) is 11.3. The molecule has 1 fully saturated rings. The van der Waals surface area contributed by atoms with Crippen LogP contribution >= 0.6 is 0 Å². The van der Waals surface area contributed by atoms with E-state index in [0.717, 1.165) is 31.2 Å². The van der Waals surface area contributed by atoms with Crippen LogP contribution in [0.3, 0.4) is 0 Å². The van der Waals surface area contributed by atoms with E-state index in [2.05, 4.69) is 16.1 Å². The van der Waals surface area contributed by atoms with Gasteiger partial charge in [-0.05, 0) is 37.7 Å². The lowest BCUT2D eigenvalue weighted by atomic mass is 10.0. The smallest absolute Gasteiger partial charge is 0.325 e. The van der Waals surface area contributed by atoms with Crippen LogP contribution in [0.4, 0.5) is 0 Å². The highest BCUT2D eigenvalue weighted by atomic mass is 16.6. The molecule has 0 bridgehead atoms. The maximum Gasteiger partial charge on any atom is 0.325 e. The standard InChI is InChI=1S/C31H47N5O8/c1-6-8-17-35(18-9-7-2)30(42)26-27(44-26)31(43)36(19-24(38)39)34-28(40)21(5)32-29(41)25(20(3)4)33-23(37)16-15-22-13-11-10-12-14-22/h10-14,20-21,25-27H,6-9,15-19H2,1-5H3,(H,32,41)(H,33,37)(H,34,40)(H,38,39)/t21-,25-,26-,27-/m0/s1. The van der Waals surface area contributed by atoms with E-state index in [4.69, 9.17) is 4.74 Å². The molecule has 244 valence electrons. The maximum atomic E-state index is 13.1. The van der Waals surface area contributed by atoms with Crippen LogP contribution in [0.1, 0.15) is 72.3 Å². The van der Waals surface area contributed by atoms with Crippen LogP contribution in [0.5, 0.6) is 0 Å². The van der Waals surface area contributed by atoms with Gasteiger partial charge in [0.05, 0.1) is 0 Å². The molecule has 1 aromatic rings. The molecule has 1 saturated heterocycles. The molecule has 2 rings (SSSR count). The van der Waals surface area contributed by atoms with Gasteiger partial charge in [0.15, 0.2) is 12.2 Å². The number of aliphatic carboxylic acids is 1. The molecule has 0 spiro atoms. The minimum atomic E-state index is -1.40. The Labute approximate surface area is 259 Å². The summed E-state index contributed by atoms with van der Waals surface area (Å²) in [6.07, 6.45) is 1.74. The van der Waals surface area contributed by atoms with Crippen molar-refractivity contribution < 1.29 is 38.6 Å². The van der Waals surface area contributed by atoms with Crippen LogP contribution in [-0.2, 0) is 39.9 Å². The Hall–Kier alpha value is -4.00. The van der Waals surface area contributed by atoms with Gasteiger partial charge in [-0.1, -0.05) is 70.9 Å². The molecule has 13 nitrogen and oxygen atoms in total. The van der Waals surface area contributed by atoms with E-state index in [1.807, 2.05) is 44.2 Å². The summed E-state index contributed by atoms with van der Waals surface area (Å²) >= 11 is 0. The highest BCUT2D eigenvalue weighted by Crippen LogP contribution is 2.26. The average Bonchev–Trinajstić information content (AvgIpc) is 3.79. The monoisotopic (exact) mass is 617 g/mol. The fraction of sp³-hybridized carbons (Fsp3) is 0.613. The number of carboxylic acid groups (broad SMARTS) is 1. The summed E-state index contributed by atoms with van der Waals surface area (Å²) in [5.74, 6) is -4.72. The second-order valence-corrected chi connectivity index (χ2v) is 11.3. The van der Waals surface area contributed by atoms with Crippen LogP contribution in [0, 0.1) is 5.92 Å². The molecule has 0 aliphatic carbocycles. The fourth-order valence-electron chi connectivity index (χ4n) is 4.44. The van der Waals surface area contributed by atoms with Crippen molar-refractivity contribution in [3.63, 3.8) is 0 Å². The molecular formula is C31H47N5O8. The van der Waals surface area contributed by atoms with Gasteiger partial charge in [-0.2, -0.15) is 0 Å². The molecule has 0 unspecified atom stereocenters. The summed E-state index contributed by atoms with van der Waals surface area (Å²) < 4.78 is 5.36.